The molecule has 1 N–H and O–H groups in total. The third-order valence-corrected chi connectivity index (χ3v) is 5.37. The average Bonchev–Trinajstić information content (AvgIpc) is 3.16. The Kier molecular flexibility index (Phi) is 5.08. The molecule has 3 rings (SSSR count). The molecule has 0 aromatic carbocycles. The van der Waals surface area contributed by atoms with E-state index in [4.69, 9.17) is 4.98 Å². The fraction of sp³-hybridized carbons (Fsp3) is 0.444. The number of amides is 1. The van der Waals surface area contributed by atoms with Gasteiger partial charge in [-0.1, -0.05) is 6.07 Å². The van der Waals surface area contributed by atoms with Crippen molar-refractivity contribution in [2.24, 2.45) is 0 Å². The highest BCUT2D eigenvalue weighted by atomic mass is 32.1. The fourth-order valence-electron chi connectivity index (χ4n) is 3.10. The predicted octanol–water partition coefficient (Wildman–Crippen LogP) is 3.42. The number of aromatic nitrogens is 1. The number of carbonyl (C=O) groups excluding carboxylic acids is 1. The van der Waals surface area contributed by atoms with Gasteiger partial charge < -0.3 is 5.32 Å². The molecule has 5 heteroatoms. The van der Waals surface area contributed by atoms with Gasteiger partial charge in [0.15, 0.2) is 0 Å². The van der Waals surface area contributed by atoms with E-state index < -0.39 is 0 Å². The van der Waals surface area contributed by atoms with E-state index in [1.54, 1.807) is 0 Å². The van der Waals surface area contributed by atoms with E-state index in [2.05, 4.69) is 34.7 Å². The lowest BCUT2D eigenvalue weighted by Gasteiger charge is -2.24. The summed E-state index contributed by atoms with van der Waals surface area (Å²) < 4.78 is 0. The van der Waals surface area contributed by atoms with Gasteiger partial charge in [-0.3, -0.25) is 14.7 Å². The third-order valence-electron chi connectivity index (χ3n) is 4.37. The lowest BCUT2D eigenvalue weighted by atomic mass is 10.1. The Morgan fingerprint density at radius 3 is 3.04 bits per heavy atom. The standard InChI is InChI=1S/C18H23N3OS/c1-13-8-10-23-18(13)12-21-9-4-7-17(21)16-6-3-5-15(20-16)11-19-14(2)22/h3,5-6,8,10,17H,4,7,9,11-12H2,1-2H3,(H,19,22)/t17-/m0/s1. The van der Waals surface area contributed by atoms with Gasteiger partial charge in [0.1, 0.15) is 0 Å². The van der Waals surface area contributed by atoms with Crippen LogP contribution in [0.2, 0.25) is 0 Å². The van der Waals surface area contributed by atoms with Gasteiger partial charge in [0.05, 0.1) is 24.0 Å². The Morgan fingerprint density at radius 2 is 2.30 bits per heavy atom. The van der Waals surface area contributed by atoms with E-state index in [9.17, 15) is 4.79 Å². The van der Waals surface area contributed by atoms with Crippen LogP contribution in [0.3, 0.4) is 0 Å². The molecule has 1 aliphatic heterocycles. The Balaban J connectivity index is 1.73. The van der Waals surface area contributed by atoms with Crippen molar-refractivity contribution >= 4 is 17.2 Å². The van der Waals surface area contributed by atoms with Crippen molar-refractivity contribution in [3.63, 3.8) is 0 Å². The zero-order valence-corrected chi connectivity index (χ0v) is 14.5. The fourth-order valence-corrected chi connectivity index (χ4v) is 4.03. The number of carbonyl (C=O) groups is 1. The second-order valence-electron chi connectivity index (χ2n) is 6.12. The zero-order chi connectivity index (χ0) is 16.2. The molecule has 2 aromatic heterocycles. The number of thiophene rings is 1. The molecule has 1 amide bonds. The first-order valence-electron chi connectivity index (χ1n) is 8.11. The number of likely N-dealkylation sites (tertiary alicyclic amines) is 1. The maximum absolute atomic E-state index is 11.1. The molecule has 0 radical (unpaired) electrons. The van der Waals surface area contributed by atoms with Gasteiger partial charge in [0.2, 0.25) is 5.91 Å². The van der Waals surface area contributed by atoms with Gasteiger partial charge in [0, 0.05) is 18.3 Å². The van der Waals surface area contributed by atoms with Crippen LogP contribution in [-0.4, -0.2) is 22.3 Å². The van der Waals surface area contributed by atoms with Crippen LogP contribution in [0.5, 0.6) is 0 Å². The van der Waals surface area contributed by atoms with Crippen molar-refractivity contribution < 1.29 is 4.79 Å². The van der Waals surface area contributed by atoms with Crippen molar-refractivity contribution in [1.29, 1.82) is 0 Å². The predicted molar refractivity (Wildman–Crippen MR) is 93.2 cm³/mol. The molecule has 23 heavy (non-hydrogen) atoms. The summed E-state index contributed by atoms with van der Waals surface area (Å²) in [5.41, 5.74) is 3.43. The Hall–Kier alpha value is -1.72. The number of hydrogen-bond acceptors (Lipinski definition) is 4. The molecule has 3 heterocycles. The van der Waals surface area contributed by atoms with Gasteiger partial charge in [-0.05, 0) is 55.5 Å². The minimum Gasteiger partial charge on any atom is -0.351 e. The Labute approximate surface area is 141 Å². The lowest BCUT2D eigenvalue weighted by Crippen LogP contribution is -2.24. The van der Waals surface area contributed by atoms with Crippen LogP contribution in [0, 0.1) is 6.92 Å². The minimum absolute atomic E-state index is 0.0205. The molecule has 2 aromatic rings. The van der Waals surface area contributed by atoms with Crippen molar-refractivity contribution in [1.82, 2.24) is 15.2 Å². The van der Waals surface area contributed by atoms with Gasteiger partial charge in [-0.15, -0.1) is 11.3 Å². The molecule has 1 saturated heterocycles. The molecule has 0 bridgehead atoms. The van der Waals surface area contributed by atoms with Crippen LogP contribution in [0.4, 0.5) is 0 Å². The molecule has 1 fully saturated rings. The topological polar surface area (TPSA) is 45.2 Å². The van der Waals surface area contributed by atoms with E-state index in [-0.39, 0.29) is 5.91 Å². The molecule has 0 aliphatic carbocycles. The van der Waals surface area contributed by atoms with Crippen molar-refractivity contribution in [3.05, 3.63) is 51.5 Å². The highest BCUT2D eigenvalue weighted by molar-refractivity contribution is 7.10. The van der Waals surface area contributed by atoms with Crippen LogP contribution in [0.25, 0.3) is 0 Å². The Morgan fingerprint density at radius 1 is 1.43 bits per heavy atom. The normalized spacial score (nSPS) is 18.3. The number of hydrogen-bond donors (Lipinski definition) is 1. The van der Waals surface area contributed by atoms with Crippen LogP contribution in [0.15, 0.2) is 29.6 Å². The summed E-state index contributed by atoms with van der Waals surface area (Å²) in [4.78, 5) is 19.8. The zero-order valence-electron chi connectivity index (χ0n) is 13.7. The highest BCUT2D eigenvalue weighted by Gasteiger charge is 2.27. The van der Waals surface area contributed by atoms with E-state index in [0.717, 1.165) is 30.9 Å². The summed E-state index contributed by atoms with van der Waals surface area (Å²) in [7, 11) is 0. The Bertz CT molecular complexity index is 682. The molecule has 1 atom stereocenters. The largest absolute Gasteiger partial charge is 0.351 e. The van der Waals surface area contributed by atoms with Gasteiger partial charge in [-0.25, -0.2) is 0 Å². The first-order valence-corrected chi connectivity index (χ1v) is 8.99. The summed E-state index contributed by atoms with van der Waals surface area (Å²) >= 11 is 1.84. The smallest absolute Gasteiger partial charge is 0.217 e. The lowest BCUT2D eigenvalue weighted by molar-refractivity contribution is -0.119. The second-order valence-corrected chi connectivity index (χ2v) is 7.12. The van der Waals surface area contributed by atoms with Gasteiger partial charge in [0.25, 0.3) is 0 Å². The SMILES string of the molecule is CC(=O)NCc1cccc([C@@H]2CCCN2Cc2sccc2C)n1. The number of nitrogens with zero attached hydrogens (tertiary/aromatic N) is 2. The molecular formula is C18H23N3OS. The highest BCUT2D eigenvalue weighted by Crippen LogP contribution is 2.33. The summed E-state index contributed by atoms with van der Waals surface area (Å²) in [6, 6.07) is 8.71. The molecule has 1 aliphatic rings. The molecule has 0 saturated carbocycles. The van der Waals surface area contributed by atoms with Gasteiger partial charge >= 0.3 is 0 Å². The number of pyridine rings is 1. The van der Waals surface area contributed by atoms with E-state index in [0.29, 0.717) is 12.6 Å². The third kappa shape index (κ3) is 3.98. The summed E-state index contributed by atoms with van der Waals surface area (Å²) in [5.74, 6) is -0.0205. The van der Waals surface area contributed by atoms with E-state index in [1.165, 1.54) is 23.8 Å². The van der Waals surface area contributed by atoms with Crippen molar-refractivity contribution in [3.8, 4) is 0 Å². The molecule has 0 unspecified atom stereocenters. The van der Waals surface area contributed by atoms with Crippen LogP contribution < -0.4 is 5.32 Å². The van der Waals surface area contributed by atoms with E-state index >= 15 is 0 Å². The van der Waals surface area contributed by atoms with Crippen LogP contribution >= 0.6 is 11.3 Å². The first kappa shape index (κ1) is 16.1. The quantitative estimate of drug-likeness (QED) is 0.914. The van der Waals surface area contributed by atoms with Crippen molar-refractivity contribution in [2.75, 3.05) is 6.54 Å². The van der Waals surface area contributed by atoms with Crippen molar-refractivity contribution in [2.45, 2.75) is 45.8 Å². The average molecular weight is 329 g/mol. The summed E-state index contributed by atoms with van der Waals surface area (Å²) in [6.45, 7) is 6.35. The molecule has 4 nitrogen and oxygen atoms in total. The first-order chi connectivity index (χ1) is 11.1. The van der Waals surface area contributed by atoms with Crippen LogP contribution in [-0.2, 0) is 17.9 Å². The van der Waals surface area contributed by atoms with Crippen LogP contribution in [0.1, 0.15) is 47.6 Å². The molecule has 0 spiro atoms. The monoisotopic (exact) mass is 329 g/mol. The molecular weight excluding hydrogens is 306 g/mol. The minimum atomic E-state index is -0.0205. The summed E-state index contributed by atoms with van der Waals surface area (Å²) in [6.07, 6.45) is 2.37. The maximum Gasteiger partial charge on any atom is 0.217 e. The molecule has 122 valence electrons. The number of aryl methyl sites for hydroxylation is 1. The summed E-state index contributed by atoms with van der Waals surface area (Å²) in [5, 5.41) is 4.99. The van der Waals surface area contributed by atoms with Gasteiger partial charge in [-0.2, -0.15) is 0 Å². The van der Waals surface area contributed by atoms with E-state index in [1.807, 2.05) is 23.5 Å². The second kappa shape index (κ2) is 7.23. The maximum atomic E-state index is 11.1. The number of nitrogens with one attached hydrogen (secondary N) is 1. The number of rotatable bonds is 5.